The number of hydrogen-bond donors (Lipinski definition) is 2. The first-order valence-corrected chi connectivity index (χ1v) is 8.23. The number of aromatic amines is 1. The van der Waals surface area contributed by atoms with E-state index in [4.69, 9.17) is 4.74 Å². The molecule has 0 spiro atoms. The quantitative estimate of drug-likeness (QED) is 0.748. The van der Waals surface area contributed by atoms with Crippen LogP contribution in [0, 0.1) is 0 Å². The van der Waals surface area contributed by atoms with Crippen molar-refractivity contribution >= 4 is 18.2 Å². The van der Waals surface area contributed by atoms with E-state index in [1.54, 1.807) is 0 Å². The molecule has 0 radical (unpaired) electrons. The maximum atomic E-state index is 5.83. The zero-order chi connectivity index (χ0) is 16.2. The third kappa shape index (κ3) is 4.13. The number of aromatic nitrogens is 2. The number of halogens is 1. The van der Waals surface area contributed by atoms with Crippen LogP contribution >= 0.6 is 12.4 Å². The van der Waals surface area contributed by atoms with Gasteiger partial charge in [0, 0.05) is 32.2 Å². The minimum absolute atomic E-state index is 0. The lowest BCUT2D eigenvalue weighted by atomic mass is 10.1. The summed E-state index contributed by atoms with van der Waals surface area (Å²) in [7, 11) is 0. The average Bonchev–Trinajstić information content (AvgIpc) is 3.14. The van der Waals surface area contributed by atoms with E-state index in [0.717, 1.165) is 54.8 Å². The van der Waals surface area contributed by atoms with Crippen molar-refractivity contribution in [2.75, 3.05) is 31.1 Å². The molecule has 1 aliphatic heterocycles. The molecule has 0 atom stereocenters. The van der Waals surface area contributed by atoms with Crippen LogP contribution in [0.15, 0.2) is 60.7 Å². The van der Waals surface area contributed by atoms with E-state index in [2.05, 4.69) is 26.5 Å². The number of nitrogens with one attached hydrogen (secondary N) is 2. The minimum atomic E-state index is 0. The van der Waals surface area contributed by atoms with Gasteiger partial charge in [-0.15, -0.1) is 12.4 Å². The van der Waals surface area contributed by atoms with Gasteiger partial charge in [0.05, 0.1) is 5.69 Å². The lowest BCUT2D eigenvalue weighted by Crippen LogP contribution is -2.43. The normalized spacial score (nSPS) is 14.0. The van der Waals surface area contributed by atoms with Crippen LogP contribution in [0.5, 0.6) is 11.5 Å². The van der Waals surface area contributed by atoms with Gasteiger partial charge in [0.25, 0.3) is 0 Å². The Kier molecular flexibility index (Phi) is 5.58. The molecule has 6 heteroatoms. The van der Waals surface area contributed by atoms with Crippen LogP contribution in [0.1, 0.15) is 0 Å². The zero-order valence-corrected chi connectivity index (χ0v) is 14.6. The summed E-state index contributed by atoms with van der Waals surface area (Å²) in [6, 6.07) is 20.0. The Bertz CT molecular complexity index is 783. The third-order valence-electron chi connectivity index (χ3n) is 4.15. The maximum absolute atomic E-state index is 5.83. The van der Waals surface area contributed by atoms with E-state index in [0.29, 0.717) is 0 Å². The minimum Gasteiger partial charge on any atom is -0.457 e. The summed E-state index contributed by atoms with van der Waals surface area (Å²) < 4.78 is 5.83. The van der Waals surface area contributed by atoms with Gasteiger partial charge in [-0.05, 0) is 42.0 Å². The molecule has 2 heterocycles. The molecule has 0 saturated carbocycles. The van der Waals surface area contributed by atoms with Crippen molar-refractivity contribution in [2.45, 2.75) is 0 Å². The number of piperazine rings is 1. The molecule has 0 amide bonds. The van der Waals surface area contributed by atoms with Gasteiger partial charge in [0.2, 0.25) is 0 Å². The molecule has 1 fully saturated rings. The molecule has 0 aliphatic carbocycles. The summed E-state index contributed by atoms with van der Waals surface area (Å²) in [6.07, 6.45) is 0. The standard InChI is InChI=1S/C19H20N4O.ClH/c1-2-4-16(5-3-1)24-17-8-6-15(7-9-17)18-14-19(22-21-18)23-12-10-20-11-13-23;/h1-9,14,20H,10-13H2,(H,21,22);1H. The van der Waals surface area contributed by atoms with Crippen molar-refractivity contribution in [3.8, 4) is 22.8 Å². The molecule has 5 nitrogen and oxygen atoms in total. The lowest BCUT2D eigenvalue weighted by Gasteiger charge is -2.26. The summed E-state index contributed by atoms with van der Waals surface area (Å²) in [5.41, 5.74) is 2.12. The Balaban J connectivity index is 0.00000182. The second-order valence-electron chi connectivity index (χ2n) is 5.82. The molecule has 2 N–H and O–H groups in total. The summed E-state index contributed by atoms with van der Waals surface area (Å²) in [4.78, 5) is 2.30. The number of H-pyrrole nitrogens is 1. The number of rotatable bonds is 4. The molecule has 1 saturated heterocycles. The summed E-state index contributed by atoms with van der Waals surface area (Å²) in [5, 5.41) is 10.9. The van der Waals surface area contributed by atoms with Crippen LogP contribution in [0.4, 0.5) is 5.82 Å². The molecule has 1 aliphatic rings. The molecule has 3 aromatic rings. The second-order valence-corrected chi connectivity index (χ2v) is 5.82. The number of ether oxygens (including phenoxy) is 1. The SMILES string of the molecule is Cl.c1ccc(Oc2ccc(-c3cc(N4CCNCC4)n[nH]3)cc2)cc1. The Labute approximate surface area is 153 Å². The highest BCUT2D eigenvalue weighted by atomic mass is 35.5. The van der Waals surface area contributed by atoms with Gasteiger partial charge >= 0.3 is 0 Å². The highest BCUT2D eigenvalue weighted by molar-refractivity contribution is 5.85. The fraction of sp³-hybridized carbons (Fsp3) is 0.211. The molecular weight excluding hydrogens is 336 g/mol. The van der Waals surface area contributed by atoms with Crippen molar-refractivity contribution in [2.24, 2.45) is 0 Å². The van der Waals surface area contributed by atoms with Gasteiger partial charge in [-0.1, -0.05) is 18.2 Å². The maximum Gasteiger partial charge on any atom is 0.151 e. The number of benzene rings is 2. The van der Waals surface area contributed by atoms with Crippen molar-refractivity contribution < 1.29 is 4.74 Å². The van der Waals surface area contributed by atoms with Crippen molar-refractivity contribution in [3.63, 3.8) is 0 Å². The zero-order valence-electron chi connectivity index (χ0n) is 13.8. The number of anilines is 1. The fourth-order valence-corrected chi connectivity index (χ4v) is 2.84. The summed E-state index contributed by atoms with van der Waals surface area (Å²) in [5.74, 6) is 2.68. The average molecular weight is 357 g/mol. The first-order valence-electron chi connectivity index (χ1n) is 8.23. The van der Waals surface area contributed by atoms with E-state index in [1.165, 1.54) is 0 Å². The van der Waals surface area contributed by atoms with E-state index < -0.39 is 0 Å². The highest BCUT2D eigenvalue weighted by Gasteiger charge is 2.14. The van der Waals surface area contributed by atoms with Crippen LogP contribution < -0.4 is 15.0 Å². The van der Waals surface area contributed by atoms with Crippen LogP contribution in [-0.4, -0.2) is 36.4 Å². The van der Waals surface area contributed by atoms with Gasteiger partial charge in [-0.3, -0.25) is 5.10 Å². The monoisotopic (exact) mass is 356 g/mol. The van der Waals surface area contributed by atoms with Gasteiger partial charge in [-0.2, -0.15) is 5.10 Å². The van der Waals surface area contributed by atoms with Gasteiger partial charge < -0.3 is 15.0 Å². The Morgan fingerprint density at radius 1 is 0.880 bits per heavy atom. The first-order chi connectivity index (χ1) is 11.9. The third-order valence-corrected chi connectivity index (χ3v) is 4.15. The van der Waals surface area contributed by atoms with Crippen LogP contribution in [0.2, 0.25) is 0 Å². The van der Waals surface area contributed by atoms with E-state index >= 15 is 0 Å². The molecule has 25 heavy (non-hydrogen) atoms. The summed E-state index contributed by atoms with van der Waals surface area (Å²) in [6.45, 7) is 4.00. The van der Waals surface area contributed by atoms with E-state index in [9.17, 15) is 0 Å². The number of para-hydroxylation sites is 1. The predicted molar refractivity (Wildman–Crippen MR) is 103 cm³/mol. The lowest BCUT2D eigenvalue weighted by molar-refractivity contribution is 0.483. The van der Waals surface area contributed by atoms with Crippen molar-refractivity contribution in [3.05, 3.63) is 60.7 Å². The molecule has 2 aromatic carbocycles. The van der Waals surface area contributed by atoms with Crippen LogP contribution in [0.25, 0.3) is 11.3 Å². The summed E-state index contributed by atoms with van der Waals surface area (Å²) >= 11 is 0. The number of hydrogen-bond acceptors (Lipinski definition) is 4. The van der Waals surface area contributed by atoms with Gasteiger partial charge in [0.1, 0.15) is 11.5 Å². The fourth-order valence-electron chi connectivity index (χ4n) is 2.84. The predicted octanol–water partition coefficient (Wildman–Crippen LogP) is 3.70. The smallest absolute Gasteiger partial charge is 0.151 e. The first kappa shape index (κ1) is 17.3. The Hall–Kier alpha value is -2.50. The van der Waals surface area contributed by atoms with Crippen molar-refractivity contribution in [1.29, 1.82) is 0 Å². The van der Waals surface area contributed by atoms with E-state index in [-0.39, 0.29) is 12.4 Å². The van der Waals surface area contributed by atoms with Crippen LogP contribution in [0.3, 0.4) is 0 Å². The largest absolute Gasteiger partial charge is 0.457 e. The van der Waals surface area contributed by atoms with Gasteiger partial charge in [-0.25, -0.2) is 0 Å². The molecule has 4 rings (SSSR count). The molecule has 130 valence electrons. The molecule has 0 unspecified atom stereocenters. The Morgan fingerprint density at radius 2 is 1.56 bits per heavy atom. The molecule has 0 bridgehead atoms. The number of nitrogens with zero attached hydrogens (tertiary/aromatic N) is 2. The highest BCUT2D eigenvalue weighted by Crippen LogP contribution is 2.26. The second kappa shape index (κ2) is 8.05. The molecule has 1 aromatic heterocycles. The topological polar surface area (TPSA) is 53.2 Å². The Morgan fingerprint density at radius 3 is 2.28 bits per heavy atom. The van der Waals surface area contributed by atoms with Crippen LogP contribution in [-0.2, 0) is 0 Å². The molecular formula is C19H21ClN4O. The van der Waals surface area contributed by atoms with E-state index in [1.807, 2.05) is 54.6 Å². The van der Waals surface area contributed by atoms with Gasteiger partial charge in [0.15, 0.2) is 5.82 Å². The van der Waals surface area contributed by atoms with Crippen molar-refractivity contribution in [1.82, 2.24) is 15.5 Å².